The zero-order valence-electron chi connectivity index (χ0n) is 11.1. The first-order chi connectivity index (χ1) is 8.84. The number of halogens is 1. The van der Waals surface area contributed by atoms with E-state index in [0.29, 0.717) is 12.5 Å². The number of aryl methyl sites for hydroxylation is 1. The minimum atomic E-state index is 0. The summed E-state index contributed by atoms with van der Waals surface area (Å²) >= 11 is 0. The van der Waals surface area contributed by atoms with Gasteiger partial charge in [0.25, 0.3) is 0 Å². The average Bonchev–Trinajstić information content (AvgIpc) is 3.00. The summed E-state index contributed by atoms with van der Waals surface area (Å²) in [4.78, 5) is 6.64. The first-order valence-electron chi connectivity index (χ1n) is 6.80. The van der Waals surface area contributed by atoms with Crippen LogP contribution < -0.4 is 5.73 Å². The van der Waals surface area contributed by atoms with E-state index < -0.39 is 0 Å². The largest absolute Gasteiger partial charge is 0.370 e. The van der Waals surface area contributed by atoms with Crippen LogP contribution in [0.1, 0.15) is 37.3 Å². The number of nitrogens with two attached hydrogens (primary N) is 1. The number of piperidine rings is 1. The van der Waals surface area contributed by atoms with E-state index in [0.717, 1.165) is 37.7 Å². The van der Waals surface area contributed by atoms with Gasteiger partial charge in [-0.3, -0.25) is 0 Å². The van der Waals surface area contributed by atoms with Crippen molar-refractivity contribution in [3.05, 3.63) is 11.6 Å². The van der Waals surface area contributed by atoms with Crippen molar-refractivity contribution in [2.45, 2.75) is 45.2 Å². The molecule has 0 aromatic carbocycles. The minimum absolute atomic E-state index is 0. The SMILES string of the molecule is I.NC(=NCc1nnc2n1CCC2)N1CCCCC1. The lowest BCUT2D eigenvalue weighted by molar-refractivity contribution is 0.338. The lowest BCUT2D eigenvalue weighted by atomic mass is 10.1. The molecule has 6 nitrogen and oxygen atoms in total. The van der Waals surface area contributed by atoms with E-state index >= 15 is 0 Å². The lowest BCUT2D eigenvalue weighted by Crippen LogP contribution is -2.40. The summed E-state index contributed by atoms with van der Waals surface area (Å²) in [5, 5.41) is 8.36. The van der Waals surface area contributed by atoms with E-state index in [2.05, 4.69) is 24.7 Å². The molecular formula is C12H21IN6. The van der Waals surface area contributed by atoms with Gasteiger partial charge in [0.1, 0.15) is 12.4 Å². The molecule has 2 aliphatic heterocycles. The van der Waals surface area contributed by atoms with Gasteiger partial charge in [-0.25, -0.2) is 4.99 Å². The standard InChI is InChI=1S/C12H20N6.HI/c13-12(17-6-2-1-3-7-17)14-9-11-16-15-10-5-4-8-18(10)11;/h1-9H2,(H2,13,14);1H. The van der Waals surface area contributed by atoms with Crippen LogP contribution in [0.25, 0.3) is 0 Å². The fourth-order valence-electron chi connectivity index (χ4n) is 2.70. The molecule has 3 heterocycles. The highest BCUT2D eigenvalue weighted by Crippen LogP contribution is 2.14. The highest BCUT2D eigenvalue weighted by molar-refractivity contribution is 14.0. The summed E-state index contributed by atoms with van der Waals surface area (Å²) in [7, 11) is 0. The van der Waals surface area contributed by atoms with Crippen LogP contribution in [-0.2, 0) is 19.5 Å². The van der Waals surface area contributed by atoms with Crippen molar-refractivity contribution in [2.24, 2.45) is 10.7 Å². The predicted octanol–water partition coefficient (Wildman–Crippen LogP) is 1.14. The van der Waals surface area contributed by atoms with E-state index in [-0.39, 0.29) is 24.0 Å². The number of rotatable bonds is 2. The van der Waals surface area contributed by atoms with Crippen LogP contribution in [0.4, 0.5) is 0 Å². The Balaban J connectivity index is 0.00000133. The van der Waals surface area contributed by atoms with Crippen molar-refractivity contribution in [1.29, 1.82) is 0 Å². The van der Waals surface area contributed by atoms with E-state index in [4.69, 9.17) is 5.73 Å². The van der Waals surface area contributed by atoms with Gasteiger partial charge in [-0.15, -0.1) is 34.2 Å². The molecule has 0 aliphatic carbocycles. The molecule has 1 aromatic rings. The fourth-order valence-corrected chi connectivity index (χ4v) is 2.70. The molecule has 0 unspecified atom stereocenters. The first-order valence-corrected chi connectivity index (χ1v) is 6.80. The number of fused-ring (bicyclic) bond motifs is 1. The Labute approximate surface area is 130 Å². The molecule has 7 heteroatoms. The van der Waals surface area contributed by atoms with Crippen molar-refractivity contribution in [3.8, 4) is 0 Å². The third kappa shape index (κ3) is 3.18. The summed E-state index contributed by atoms with van der Waals surface area (Å²) in [5.41, 5.74) is 6.03. The van der Waals surface area contributed by atoms with Gasteiger partial charge in [0.15, 0.2) is 11.8 Å². The number of hydrogen-bond donors (Lipinski definition) is 1. The zero-order valence-corrected chi connectivity index (χ0v) is 13.4. The Morgan fingerprint density at radius 1 is 1.11 bits per heavy atom. The highest BCUT2D eigenvalue weighted by Gasteiger charge is 2.17. The second-order valence-corrected chi connectivity index (χ2v) is 5.01. The number of aliphatic imine (C=N–C) groups is 1. The predicted molar refractivity (Wildman–Crippen MR) is 84.5 cm³/mol. The van der Waals surface area contributed by atoms with Crippen LogP contribution in [0, 0.1) is 0 Å². The van der Waals surface area contributed by atoms with Crippen LogP contribution in [0.5, 0.6) is 0 Å². The minimum Gasteiger partial charge on any atom is -0.370 e. The molecule has 106 valence electrons. The normalized spacial score (nSPS) is 19.2. The van der Waals surface area contributed by atoms with Gasteiger partial charge in [-0.1, -0.05) is 0 Å². The first kappa shape index (κ1) is 14.5. The average molecular weight is 376 g/mol. The highest BCUT2D eigenvalue weighted by atomic mass is 127. The van der Waals surface area contributed by atoms with Crippen molar-refractivity contribution in [2.75, 3.05) is 13.1 Å². The summed E-state index contributed by atoms with van der Waals surface area (Å²) < 4.78 is 2.17. The van der Waals surface area contributed by atoms with E-state index in [1.165, 1.54) is 25.7 Å². The Morgan fingerprint density at radius 2 is 1.89 bits per heavy atom. The Kier molecular flexibility index (Phi) is 5.00. The van der Waals surface area contributed by atoms with E-state index in [1.807, 2.05) is 0 Å². The van der Waals surface area contributed by atoms with Crippen molar-refractivity contribution >= 4 is 29.9 Å². The molecule has 1 aromatic heterocycles. The number of hydrogen-bond acceptors (Lipinski definition) is 3. The third-order valence-electron chi connectivity index (χ3n) is 3.75. The molecule has 1 saturated heterocycles. The molecule has 0 radical (unpaired) electrons. The van der Waals surface area contributed by atoms with Crippen LogP contribution in [0.3, 0.4) is 0 Å². The molecule has 0 saturated carbocycles. The summed E-state index contributed by atoms with van der Waals surface area (Å²) in [6, 6.07) is 0. The zero-order chi connectivity index (χ0) is 12.4. The smallest absolute Gasteiger partial charge is 0.191 e. The van der Waals surface area contributed by atoms with Crippen LogP contribution >= 0.6 is 24.0 Å². The Hall–Kier alpha value is -0.860. The topological polar surface area (TPSA) is 72.3 Å². The summed E-state index contributed by atoms with van der Waals surface area (Å²) in [6.07, 6.45) is 5.95. The van der Waals surface area contributed by atoms with Crippen molar-refractivity contribution < 1.29 is 0 Å². The van der Waals surface area contributed by atoms with Gasteiger partial charge in [0.05, 0.1) is 0 Å². The number of nitrogens with zero attached hydrogens (tertiary/aromatic N) is 5. The molecule has 2 aliphatic rings. The molecular weight excluding hydrogens is 355 g/mol. The molecule has 0 atom stereocenters. The molecule has 19 heavy (non-hydrogen) atoms. The van der Waals surface area contributed by atoms with Crippen LogP contribution in [0.2, 0.25) is 0 Å². The fraction of sp³-hybridized carbons (Fsp3) is 0.750. The molecule has 2 N–H and O–H groups in total. The maximum Gasteiger partial charge on any atom is 0.191 e. The molecule has 0 spiro atoms. The van der Waals surface area contributed by atoms with Gasteiger partial charge in [0, 0.05) is 26.1 Å². The second kappa shape index (κ2) is 6.53. The number of guanidine groups is 1. The Morgan fingerprint density at radius 3 is 2.68 bits per heavy atom. The van der Waals surface area contributed by atoms with Gasteiger partial charge < -0.3 is 15.2 Å². The number of aromatic nitrogens is 3. The molecule has 1 fully saturated rings. The Bertz CT molecular complexity index is 449. The van der Waals surface area contributed by atoms with Gasteiger partial charge in [-0.05, 0) is 25.7 Å². The van der Waals surface area contributed by atoms with Crippen LogP contribution in [0.15, 0.2) is 4.99 Å². The third-order valence-corrected chi connectivity index (χ3v) is 3.75. The lowest BCUT2D eigenvalue weighted by Gasteiger charge is -2.27. The second-order valence-electron chi connectivity index (χ2n) is 5.01. The van der Waals surface area contributed by atoms with Gasteiger partial charge in [0.2, 0.25) is 0 Å². The maximum absolute atomic E-state index is 6.03. The monoisotopic (exact) mass is 376 g/mol. The van der Waals surface area contributed by atoms with E-state index in [9.17, 15) is 0 Å². The van der Waals surface area contributed by atoms with Gasteiger partial charge in [-0.2, -0.15) is 0 Å². The number of likely N-dealkylation sites (tertiary alicyclic amines) is 1. The van der Waals surface area contributed by atoms with Crippen LogP contribution in [-0.4, -0.2) is 38.7 Å². The molecule has 0 bridgehead atoms. The quantitative estimate of drug-likeness (QED) is 0.478. The van der Waals surface area contributed by atoms with Gasteiger partial charge >= 0.3 is 0 Å². The summed E-state index contributed by atoms with van der Waals surface area (Å²) in [5.74, 6) is 2.70. The van der Waals surface area contributed by atoms with Crippen molar-refractivity contribution in [3.63, 3.8) is 0 Å². The maximum atomic E-state index is 6.03. The van der Waals surface area contributed by atoms with E-state index in [1.54, 1.807) is 0 Å². The van der Waals surface area contributed by atoms with Crippen molar-refractivity contribution in [1.82, 2.24) is 19.7 Å². The molecule has 3 rings (SSSR count). The molecule has 0 amide bonds. The summed E-state index contributed by atoms with van der Waals surface area (Å²) in [6.45, 7) is 3.65.